The van der Waals surface area contributed by atoms with Gasteiger partial charge in [-0.05, 0) is 26.4 Å². The van der Waals surface area contributed by atoms with Gasteiger partial charge in [-0.2, -0.15) is 13.2 Å². The van der Waals surface area contributed by atoms with Gasteiger partial charge < -0.3 is 10.0 Å². The molecule has 0 aromatic rings. The summed E-state index contributed by atoms with van der Waals surface area (Å²) in [6.07, 6.45) is -4.28. The minimum Gasteiger partial charge on any atom is -0.379 e. The van der Waals surface area contributed by atoms with Gasteiger partial charge in [0.2, 0.25) is 0 Å². The SMILES string of the molecule is CC.CC.CN1CCCC(O)(C(F)(F)F)C1. The van der Waals surface area contributed by atoms with Gasteiger partial charge in [-0.15, -0.1) is 0 Å². The van der Waals surface area contributed by atoms with Crippen LogP contribution in [-0.4, -0.2) is 41.9 Å². The number of alkyl halides is 3. The molecule has 1 N–H and O–H groups in total. The Morgan fingerprint density at radius 3 is 1.81 bits per heavy atom. The molecule has 0 radical (unpaired) electrons. The Morgan fingerprint density at radius 2 is 1.56 bits per heavy atom. The van der Waals surface area contributed by atoms with Gasteiger partial charge in [0.05, 0.1) is 0 Å². The van der Waals surface area contributed by atoms with Crippen molar-refractivity contribution < 1.29 is 18.3 Å². The number of hydrogen-bond donors (Lipinski definition) is 1. The van der Waals surface area contributed by atoms with Crippen molar-refractivity contribution in [3.63, 3.8) is 0 Å². The highest BCUT2D eigenvalue weighted by Crippen LogP contribution is 2.36. The topological polar surface area (TPSA) is 23.5 Å². The van der Waals surface area contributed by atoms with Crippen LogP contribution < -0.4 is 0 Å². The van der Waals surface area contributed by atoms with Crippen molar-refractivity contribution in [1.82, 2.24) is 4.90 Å². The molecule has 0 aliphatic carbocycles. The lowest BCUT2D eigenvalue weighted by molar-refractivity contribution is -0.272. The molecule has 1 aliphatic rings. The van der Waals surface area contributed by atoms with Gasteiger partial charge in [0, 0.05) is 6.54 Å². The largest absolute Gasteiger partial charge is 0.418 e. The fourth-order valence-electron chi connectivity index (χ4n) is 1.48. The summed E-state index contributed by atoms with van der Waals surface area (Å²) in [5.74, 6) is 0. The van der Waals surface area contributed by atoms with Gasteiger partial charge >= 0.3 is 6.18 Å². The molecule has 1 aliphatic heterocycles. The summed E-state index contributed by atoms with van der Waals surface area (Å²) in [4.78, 5) is 1.50. The maximum atomic E-state index is 12.2. The molecular weight excluding hydrogens is 219 g/mol. The van der Waals surface area contributed by atoms with Crippen molar-refractivity contribution >= 4 is 0 Å². The summed E-state index contributed by atoms with van der Waals surface area (Å²) in [5, 5.41) is 9.21. The number of likely N-dealkylation sites (N-methyl/N-ethyl adjacent to an activating group) is 1. The molecule has 100 valence electrons. The number of aliphatic hydroxyl groups is 1. The van der Waals surface area contributed by atoms with Crippen LogP contribution in [0.25, 0.3) is 0 Å². The molecule has 16 heavy (non-hydrogen) atoms. The number of nitrogens with zero attached hydrogens (tertiary/aromatic N) is 1. The maximum Gasteiger partial charge on any atom is 0.418 e. The van der Waals surface area contributed by atoms with Crippen molar-refractivity contribution in [2.75, 3.05) is 20.1 Å². The molecule has 0 aromatic carbocycles. The summed E-state index contributed by atoms with van der Waals surface area (Å²) < 4.78 is 36.7. The van der Waals surface area contributed by atoms with Gasteiger partial charge in [-0.25, -0.2) is 0 Å². The third-order valence-electron chi connectivity index (χ3n) is 2.19. The molecule has 0 bridgehead atoms. The predicted octanol–water partition coefficient (Wildman–Crippen LogP) is 3.06. The van der Waals surface area contributed by atoms with Crippen molar-refractivity contribution in [2.24, 2.45) is 0 Å². The number of rotatable bonds is 0. The van der Waals surface area contributed by atoms with Crippen LogP contribution in [-0.2, 0) is 0 Å². The first-order valence-corrected chi connectivity index (χ1v) is 5.83. The summed E-state index contributed by atoms with van der Waals surface area (Å²) in [6.45, 7) is 8.31. The highest BCUT2D eigenvalue weighted by Gasteiger charge is 2.54. The van der Waals surface area contributed by atoms with E-state index in [4.69, 9.17) is 0 Å². The zero-order valence-corrected chi connectivity index (χ0v) is 10.9. The Labute approximate surface area is 96.4 Å². The lowest BCUT2D eigenvalue weighted by Gasteiger charge is -2.38. The summed E-state index contributed by atoms with van der Waals surface area (Å²) >= 11 is 0. The first-order valence-electron chi connectivity index (χ1n) is 5.83. The Kier molecular flexibility index (Phi) is 8.93. The smallest absolute Gasteiger partial charge is 0.379 e. The zero-order valence-electron chi connectivity index (χ0n) is 10.9. The second-order valence-corrected chi connectivity index (χ2v) is 3.37. The zero-order chi connectivity index (χ0) is 13.4. The minimum absolute atomic E-state index is 0.180. The fraction of sp³-hybridized carbons (Fsp3) is 1.00. The van der Waals surface area contributed by atoms with Gasteiger partial charge in [0.15, 0.2) is 5.60 Å². The van der Waals surface area contributed by atoms with E-state index in [0.717, 1.165) is 0 Å². The van der Waals surface area contributed by atoms with E-state index in [1.807, 2.05) is 27.7 Å². The number of likely N-dealkylation sites (tertiary alicyclic amines) is 1. The molecule has 0 amide bonds. The summed E-state index contributed by atoms with van der Waals surface area (Å²) in [5.41, 5.74) is -2.49. The van der Waals surface area contributed by atoms with E-state index in [2.05, 4.69) is 0 Å². The molecule has 1 atom stereocenters. The average molecular weight is 243 g/mol. The van der Waals surface area contributed by atoms with E-state index in [1.165, 1.54) is 4.90 Å². The van der Waals surface area contributed by atoms with E-state index >= 15 is 0 Å². The molecule has 1 saturated heterocycles. The minimum atomic E-state index is -4.50. The first kappa shape index (κ1) is 18.1. The Hall–Kier alpha value is -0.290. The molecule has 0 spiro atoms. The van der Waals surface area contributed by atoms with Gasteiger partial charge in [0.1, 0.15) is 0 Å². The van der Waals surface area contributed by atoms with Crippen LogP contribution in [0.5, 0.6) is 0 Å². The van der Waals surface area contributed by atoms with E-state index in [9.17, 15) is 18.3 Å². The third-order valence-corrected chi connectivity index (χ3v) is 2.19. The molecule has 2 nitrogen and oxygen atoms in total. The maximum absolute atomic E-state index is 12.2. The van der Waals surface area contributed by atoms with E-state index < -0.39 is 11.8 Å². The van der Waals surface area contributed by atoms with E-state index in [0.29, 0.717) is 13.0 Å². The molecule has 1 fully saturated rings. The highest BCUT2D eigenvalue weighted by molar-refractivity contribution is 4.92. The lowest BCUT2D eigenvalue weighted by atomic mass is 9.93. The van der Waals surface area contributed by atoms with Crippen molar-refractivity contribution in [3.8, 4) is 0 Å². The fourth-order valence-corrected chi connectivity index (χ4v) is 1.48. The van der Waals surface area contributed by atoms with Crippen LogP contribution in [0.1, 0.15) is 40.5 Å². The molecule has 1 heterocycles. The quantitative estimate of drug-likeness (QED) is 0.707. The Bertz CT molecular complexity index is 173. The highest BCUT2D eigenvalue weighted by atomic mass is 19.4. The van der Waals surface area contributed by atoms with Gasteiger partial charge in [-0.3, -0.25) is 0 Å². The van der Waals surface area contributed by atoms with Crippen LogP contribution in [0.2, 0.25) is 0 Å². The Balaban J connectivity index is 0. The number of halogens is 3. The van der Waals surface area contributed by atoms with Crippen LogP contribution in [0.15, 0.2) is 0 Å². The van der Waals surface area contributed by atoms with Crippen molar-refractivity contribution in [2.45, 2.75) is 52.3 Å². The normalized spacial score (nSPS) is 26.1. The predicted molar refractivity (Wildman–Crippen MR) is 60.4 cm³/mol. The number of β-amino-alcohol motifs (C(OH)–C–C–N with tert-alkyl or cyclic N) is 1. The standard InChI is InChI=1S/C7H12F3NO.2C2H6/c1-11-4-2-3-6(12,5-11)7(8,9)10;2*1-2/h12H,2-5H2,1H3;2*1-2H3. The molecule has 0 saturated carbocycles. The second-order valence-electron chi connectivity index (χ2n) is 3.37. The number of piperidine rings is 1. The number of hydrogen-bond acceptors (Lipinski definition) is 2. The van der Waals surface area contributed by atoms with Crippen LogP contribution in [0.3, 0.4) is 0 Å². The molecule has 5 heteroatoms. The molecule has 1 unspecified atom stereocenters. The second kappa shape index (κ2) is 7.90. The Morgan fingerprint density at radius 1 is 1.12 bits per heavy atom. The first-order chi connectivity index (χ1) is 7.35. The molecule has 0 aromatic heterocycles. The van der Waals surface area contributed by atoms with E-state index in [1.54, 1.807) is 7.05 Å². The van der Waals surface area contributed by atoms with Gasteiger partial charge in [0.25, 0.3) is 0 Å². The molecule has 1 rings (SSSR count). The lowest BCUT2D eigenvalue weighted by Crippen LogP contribution is -2.55. The average Bonchev–Trinajstić information content (AvgIpc) is 2.22. The van der Waals surface area contributed by atoms with Gasteiger partial charge in [-0.1, -0.05) is 27.7 Å². The van der Waals surface area contributed by atoms with Crippen molar-refractivity contribution in [1.29, 1.82) is 0 Å². The molecular formula is C11H24F3NO. The summed E-state index contributed by atoms with van der Waals surface area (Å²) in [7, 11) is 1.58. The summed E-state index contributed by atoms with van der Waals surface area (Å²) in [6, 6.07) is 0. The third kappa shape index (κ3) is 5.16. The monoisotopic (exact) mass is 243 g/mol. The van der Waals surface area contributed by atoms with E-state index in [-0.39, 0.29) is 13.0 Å². The van der Waals surface area contributed by atoms with Crippen LogP contribution >= 0.6 is 0 Å². The van der Waals surface area contributed by atoms with Crippen LogP contribution in [0.4, 0.5) is 13.2 Å². The van der Waals surface area contributed by atoms with Crippen LogP contribution in [0, 0.1) is 0 Å². The van der Waals surface area contributed by atoms with Crippen molar-refractivity contribution in [3.05, 3.63) is 0 Å².